The second-order valence-electron chi connectivity index (χ2n) is 14.6. The molecule has 0 spiro atoms. The van der Waals surface area contributed by atoms with Gasteiger partial charge in [-0.3, -0.25) is 4.99 Å². The number of fused-ring (bicyclic) bond motifs is 3. The maximum Gasteiger partial charge on any atom is 0.133 e. The zero-order valence-corrected chi connectivity index (χ0v) is 27.0. The summed E-state index contributed by atoms with van der Waals surface area (Å²) < 4.78 is 0. The Labute approximate surface area is 255 Å². The first-order valence-corrected chi connectivity index (χ1v) is 16.6. The van der Waals surface area contributed by atoms with Crippen molar-refractivity contribution < 1.29 is 0 Å². The van der Waals surface area contributed by atoms with Crippen LogP contribution >= 0.6 is 0 Å². The molecule has 0 radical (unpaired) electrons. The number of benzene rings is 1. The third-order valence-corrected chi connectivity index (χ3v) is 10.8. The monoisotopic (exact) mass is 566 g/mol. The van der Waals surface area contributed by atoms with Crippen molar-refractivity contribution >= 4 is 17.6 Å². The van der Waals surface area contributed by atoms with Crippen LogP contribution in [-0.4, -0.2) is 23.3 Å². The number of allylic oxidation sites excluding steroid dienone is 2. The number of nitrogens with zero attached hydrogens (tertiary/aromatic N) is 3. The molecule has 2 N–H and O–H groups in total. The predicted molar refractivity (Wildman–Crippen MR) is 180 cm³/mol. The van der Waals surface area contributed by atoms with Gasteiger partial charge in [-0.25, -0.2) is 4.98 Å². The first-order valence-electron chi connectivity index (χ1n) is 16.6. The van der Waals surface area contributed by atoms with Crippen LogP contribution in [0.25, 0.3) is 5.57 Å². The summed E-state index contributed by atoms with van der Waals surface area (Å²) in [7, 11) is 0. The standard InChI is InChI=1S/C38H54N4/c1-7-30-13-14-34(23-28(30)2)38-19-16-37(17-20-38,18-21-38)27-42(29(3)31-11-9-8-10-12-31)35-24-32(15-22-40-35)33(25-39)26-41-36(4,5)6/h13-15,22-26,31H,3,7-12,16-21,27,39H2,1-2,4-6H3/b33-25+,41-26?. The van der Waals surface area contributed by atoms with Crippen LogP contribution in [0, 0.1) is 18.3 Å². The van der Waals surface area contributed by atoms with Gasteiger partial charge in [-0.05, 0) is 137 Å². The Balaban J connectivity index is 1.41. The summed E-state index contributed by atoms with van der Waals surface area (Å²) in [6, 6.07) is 11.6. The SMILES string of the molecule is C=C(C1CCCCC1)N(CC12CCC(c3ccc(CC)c(C)c3)(CC1)CC2)c1cc(/C(C=NC(C)(C)C)=C/N)ccn1. The fraction of sp³-hybridized carbons (Fsp3) is 0.579. The van der Waals surface area contributed by atoms with Crippen molar-refractivity contribution in [1.29, 1.82) is 0 Å². The number of anilines is 1. The number of rotatable bonds is 9. The van der Waals surface area contributed by atoms with Crippen LogP contribution in [-0.2, 0) is 11.8 Å². The van der Waals surface area contributed by atoms with Crippen molar-refractivity contribution in [1.82, 2.24) is 4.98 Å². The molecule has 226 valence electrons. The van der Waals surface area contributed by atoms with E-state index in [9.17, 15) is 0 Å². The first-order chi connectivity index (χ1) is 20.1. The number of nitrogens with two attached hydrogens (primary N) is 1. The first kappa shape index (κ1) is 30.6. The molecule has 1 heterocycles. The number of aryl methyl sites for hydroxylation is 2. The molecule has 4 aliphatic rings. The number of hydrogen-bond acceptors (Lipinski definition) is 4. The van der Waals surface area contributed by atoms with Crippen LogP contribution in [0.1, 0.15) is 121 Å². The second kappa shape index (κ2) is 12.4. The summed E-state index contributed by atoms with van der Waals surface area (Å²) in [6.07, 6.45) is 20.8. The molecular weight excluding hydrogens is 512 g/mol. The van der Waals surface area contributed by atoms with E-state index in [1.807, 2.05) is 12.4 Å². The Hall–Kier alpha value is -2.88. The van der Waals surface area contributed by atoms with Gasteiger partial charge in [0, 0.05) is 36.4 Å². The largest absolute Gasteiger partial charge is 0.404 e. The molecule has 4 heteroatoms. The Kier molecular flexibility index (Phi) is 9.02. The summed E-state index contributed by atoms with van der Waals surface area (Å²) >= 11 is 0. The molecule has 4 nitrogen and oxygen atoms in total. The van der Waals surface area contributed by atoms with Crippen molar-refractivity contribution in [3.05, 3.63) is 77.3 Å². The van der Waals surface area contributed by atoms with Gasteiger partial charge < -0.3 is 10.6 Å². The summed E-state index contributed by atoms with van der Waals surface area (Å²) in [5.41, 5.74) is 14.4. The van der Waals surface area contributed by atoms with Crippen molar-refractivity contribution in [2.75, 3.05) is 11.4 Å². The van der Waals surface area contributed by atoms with E-state index in [0.717, 1.165) is 29.9 Å². The van der Waals surface area contributed by atoms with E-state index >= 15 is 0 Å². The number of aromatic nitrogens is 1. The van der Waals surface area contributed by atoms with E-state index in [1.54, 1.807) is 11.8 Å². The lowest BCUT2D eigenvalue weighted by molar-refractivity contribution is 0.0459. The topological polar surface area (TPSA) is 54.5 Å². The molecule has 4 fully saturated rings. The molecule has 42 heavy (non-hydrogen) atoms. The van der Waals surface area contributed by atoms with Crippen molar-refractivity contribution in [2.24, 2.45) is 22.1 Å². The van der Waals surface area contributed by atoms with Gasteiger partial charge in [-0.2, -0.15) is 0 Å². The minimum Gasteiger partial charge on any atom is -0.404 e. The zero-order chi connectivity index (χ0) is 30.0. The Bertz CT molecular complexity index is 1300. The maximum atomic E-state index is 6.12. The number of aliphatic imine (C=N–C) groups is 1. The fourth-order valence-corrected chi connectivity index (χ4v) is 7.90. The molecule has 6 rings (SSSR count). The zero-order valence-electron chi connectivity index (χ0n) is 27.0. The molecule has 0 unspecified atom stereocenters. The maximum absolute atomic E-state index is 6.12. The van der Waals surface area contributed by atoms with Crippen LogP contribution in [0.4, 0.5) is 5.82 Å². The predicted octanol–water partition coefficient (Wildman–Crippen LogP) is 9.31. The third-order valence-electron chi connectivity index (χ3n) is 10.8. The molecule has 4 saturated carbocycles. The summed E-state index contributed by atoms with van der Waals surface area (Å²) in [5, 5.41) is 0. The van der Waals surface area contributed by atoms with E-state index in [1.165, 1.54) is 87.5 Å². The lowest BCUT2D eigenvalue weighted by Crippen LogP contribution is -2.49. The summed E-state index contributed by atoms with van der Waals surface area (Å²) in [4.78, 5) is 12.2. The van der Waals surface area contributed by atoms with Gasteiger partial charge in [0.05, 0.1) is 5.54 Å². The molecule has 0 saturated heterocycles. The van der Waals surface area contributed by atoms with Crippen molar-refractivity contribution in [3.8, 4) is 0 Å². The Morgan fingerprint density at radius 3 is 2.33 bits per heavy atom. The molecule has 1 aromatic carbocycles. The molecule has 0 amide bonds. The van der Waals surface area contributed by atoms with Crippen LogP contribution in [0.3, 0.4) is 0 Å². The summed E-state index contributed by atoms with van der Waals surface area (Å²) in [6.45, 7) is 16.7. The quantitative estimate of drug-likeness (QED) is 0.308. The van der Waals surface area contributed by atoms with E-state index < -0.39 is 0 Å². The minimum atomic E-state index is -0.154. The highest BCUT2D eigenvalue weighted by Gasteiger charge is 2.50. The average molecular weight is 567 g/mol. The summed E-state index contributed by atoms with van der Waals surface area (Å²) in [5.74, 6) is 1.55. The van der Waals surface area contributed by atoms with Gasteiger partial charge in [0.1, 0.15) is 5.82 Å². The Morgan fingerprint density at radius 1 is 1.05 bits per heavy atom. The number of hydrogen-bond donors (Lipinski definition) is 1. The normalized spacial score (nSPS) is 25.2. The van der Waals surface area contributed by atoms with Gasteiger partial charge in [0.25, 0.3) is 0 Å². The molecule has 0 atom stereocenters. The minimum absolute atomic E-state index is 0.154. The van der Waals surface area contributed by atoms with Crippen LogP contribution in [0.15, 0.2) is 60.0 Å². The third kappa shape index (κ3) is 6.53. The molecular formula is C38H54N4. The molecule has 1 aromatic heterocycles. The molecule has 4 aliphatic carbocycles. The fourth-order valence-electron chi connectivity index (χ4n) is 7.90. The van der Waals surface area contributed by atoms with Gasteiger partial charge in [-0.1, -0.05) is 51.0 Å². The van der Waals surface area contributed by atoms with Crippen molar-refractivity contribution in [2.45, 2.75) is 123 Å². The van der Waals surface area contributed by atoms with Gasteiger partial charge in [-0.15, -0.1) is 0 Å². The van der Waals surface area contributed by atoms with E-state index in [2.05, 4.69) is 69.9 Å². The van der Waals surface area contributed by atoms with Crippen LogP contribution < -0.4 is 10.6 Å². The highest BCUT2D eigenvalue weighted by molar-refractivity contribution is 6.09. The van der Waals surface area contributed by atoms with Gasteiger partial charge in [0.2, 0.25) is 0 Å². The van der Waals surface area contributed by atoms with Gasteiger partial charge >= 0.3 is 0 Å². The number of pyridine rings is 1. The highest BCUT2D eigenvalue weighted by atomic mass is 15.2. The lowest BCUT2D eigenvalue weighted by Gasteiger charge is -2.55. The molecule has 0 aliphatic heterocycles. The average Bonchev–Trinajstić information content (AvgIpc) is 3.01. The van der Waals surface area contributed by atoms with Gasteiger partial charge in [0.15, 0.2) is 0 Å². The molecule has 2 bridgehead atoms. The smallest absolute Gasteiger partial charge is 0.133 e. The van der Waals surface area contributed by atoms with E-state index in [4.69, 9.17) is 22.3 Å². The van der Waals surface area contributed by atoms with E-state index in [0.29, 0.717) is 16.7 Å². The highest BCUT2D eigenvalue weighted by Crippen LogP contribution is 2.58. The Morgan fingerprint density at radius 2 is 1.74 bits per heavy atom. The van der Waals surface area contributed by atoms with Crippen LogP contribution in [0.2, 0.25) is 0 Å². The molecule has 2 aromatic rings. The van der Waals surface area contributed by atoms with Crippen molar-refractivity contribution in [3.63, 3.8) is 0 Å². The van der Waals surface area contributed by atoms with Crippen LogP contribution in [0.5, 0.6) is 0 Å². The second-order valence-corrected chi connectivity index (χ2v) is 14.6. The lowest BCUT2D eigenvalue weighted by atomic mass is 9.51. The van der Waals surface area contributed by atoms with E-state index in [-0.39, 0.29) is 5.54 Å².